The molecule has 6 unspecified atom stereocenters. The van der Waals surface area contributed by atoms with E-state index >= 15 is 0 Å². The van der Waals surface area contributed by atoms with Gasteiger partial charge in [0.15, 0.2) is 17.7 Å². The monoisotopic (exact) mass is 591 g/mol. The van der Waals surface area contributed by atoms with Gasteiger partial charge in [-0.25, -0.2) is 0 Å². The summed E-state index contributed by atoms with van der Waals surface area (Å²) in [6.07, 6.45) is 4.53. The molecule has 0 radical (unpaired) electrons. The fourth-order valence-corrected chi connectivity index (χ4v) is 8.05. The van der Waals surface area contributed by atoms with Gasteiger partial charge in [-0.2, -0.15) is 5.26 Å². The van der Waals surface area contributed by atoms with E-state index in [0.717, 1.165) is 42.8 Å². The second-order valence-electron chi connectivity index (χ2n) is 12.9. The van der Waals surface area contributed by atoms with Crippen molar-refractivity contribution in [1.29, 1.82) is 5.26 Å². The van der Waals surface area contributed by atoms with Gasteiger partial charge in [-0.3, -0.25) is 25.1 Å². The van der Waals surface area contributed by atoms with Gasteiger partial charge < -0.3 is 24.2 Å². The molecule has 4 fully saturated rings. The molecule has 4 heterocycles. The molecule has 11 nitrogen and oxygen atoms in total. The van der Waals surface area contributed by atoms with Crippen molar-refractivity contribution in [3.63, 3.8) is 0 Å². The highest BCUT2D eigenvalue weighted by atomic mass is 16.5. The zero-order chi connectivity index (χ0) is 30.3. The van der Waals surface area contributed by atoms with Crippen LogP contribution >= 0.6 is 0 Å². The molecule has 6 rings (SSSR count). The summed E-state index contributed by atoms with van der Waals surface area (Å²) in [5.74, 6) is 0.645. The van der Waals surface area contributed by atoms with Crippen LogP contribution in [0.5, 0.6) is 5.75 Å². The maximum atomic E-state index is 14.6. The zero-order valence-corrected chi connectivity index (χ0v) is 25.6. The van der Waals surface area contributed by atoms with Crippen LogP contribution in [0.2, 0.25) is 0 Å². The summed E-state index contributed by atoms with van der Waals surface area (Å²) in [6.45, 7) is 9.52. The van der Waals surface area contributed by atoms with Gasteiger partial charge in [0.2, 0.25) is 5.91 Å². The number of anilines is 1. The number of hydrogen-bond donors (Lipinski definition) is 2. The number of piperazine rings is 1. The lowest BCUT2D eigenvalue weighted by atomic mass is 9.71. The van der Waals surface area contributed by atoms with Crippen LogP contribution < -0.4 is 20.3 Å². The number of Topliss-reactive ketones (excluding diaryl/α,β-unsaturated/α-hetero) is 1. The molecule has 2 N–H and O–H groups in total. The zero-order valence-electron chi connectivity index (χ0n) is 25.6. The summed E-state index contributed by atoms with van der Waals surface area (Å²) in [6, 6.07) is 7.91. The minimum Gasteiger partial charge on any atom is -0.475 e. The molecule has 4 aliphatic heterocycles. The topological polar surface area (TPSA) is 113 Å². The molecule has 232 valence electrons. The van der Waals surface area contributed by atoms with Gasteiger partial charge in [0, 0.05) is 38.6 Å². The maximum absolute atomic E-state index is 14.6. The second kappa shape index (κ2) is 12.2. The minimum absolute atomic E-state index is 0.0238. The highest BCUT2D eigenvalue weighted by Gasteiger charge is 2.57. The van der Waals surface area contributed by atoms with E-state index in [1.165, 1.54) is 6.08 Å². The standard InChI is InChI=1S/C32H45N7O4/c1-5-26(40)39-17-16-38(18-22(39)12-14-33)30-24-11-13-32(20-37(4)28-21(2)8-6-10-25(28)43-32)29(41)27(24)34-31(35-30)42-19-23-9-7-15-36(23)3/h5-6,8,10,22-24,27,30-31,34-35H,1,7,9,11-13,15-20H2,2-4H3/t22?,23?,24?,27?,30?,31?,32-/m0/s1. The Balaban J connectivity index is 1.26. The highest BCUT2D eigenvalue weighted by Crippen LogP contribution is 2.45. The summed E-state index contributed by atoms with van der Waals surface area (Å²) in [5.41, 5.74) is 1.22. The normalized spacial score (nSPS) is 34.8. The van der Waals surface area contributed by atoms with Gasteiger partial charge in [-0.15, -0.1) is 0 Å². The third-order valence-corrected chi connectivity index (χ3v) is 10.3. The number of ether oxygens (including phenoxy) is 2. The molecule has 1 saturated carbocycles. The van der Waals surface area contributed by atoms with E-state index < -0.39 is 18.0 Å². The van der Waals surface area contributed by atoms with E-state index in [9.17, 15) is 14.9 Å². The maximum Gasteiger partial charge on any atom is 0.246 e. The van der Waals surface area contributed by atoms with Crippen LogP contribution in [0.25, 0.3) is 0 Å². The molecule has 5 aliphatic rings. The number of amides is 1. The van der Waals surface area contributed by atoms with Crippen LogP contribution in [0.1, 0.15) is 37.7 Å². The Kier molecular flexibility index (Phi) is 8.50. The number of likely N-dealkylation sites (N-methyl/N-ethyl adjacent to an activating group) is 2. The predicted molar refractivity (Wildman–Crippen MR) is 162 cm³/mol. The number of ketones is 1. The number of likely N-dealkylation sites (tertiary alicyclic amines) is 1. The molecule has 1 amide bonds. The first-order valence-electron chi connectivity index (χ1n) is 15.7. The van der Waals surface area contributed by atoms with E-state index in [0.29, 0.717) is 45.2 Å². The molecule has 0 bridgehead atoms. The lowest BCUT2D eigenvalue weighted by Crippen LogP contribution is -2.76. The summed E-state index contributed by atoms with van der Waals surface area (Å²) in [7, 11) is 4.17. The summed E-state index contributed by atoms with van der Waals surface area (Å²) in [5, 5.41) is 16.8. The Bertz CT molecular complexity index is 1280. The van der Waals surface area contributed by atoms with Gasteiger partial charge in [0.25, 0.3) is 0 Å². The third-order valence-electron chi connectivity index (χ3n) is 10.3. The van der Waals surface area contributed by atoms with Crippen molar-refractivity contribution in [2.75, 3.05) is 58.3 Å². The van der Waals surface area contributed by atoms with E-state index in [2.05, 4.69) is 58.0 Å². The number of para-hydroxylation sites is 1. The molecule has 1 spiro atoms. The molecule has 1 aliphatic carbocycles. The first kappa shape index (κ1) is 30.0. The summed E-state index contributed by atoms with van der Waals surface area (Å²) < 4.78 is 13.1. The first-order valence-corrected chi connectivity index (χ1v) is 15.7. The van der Waals surface area contributed by atoms with Gasteiger partial charge in [-0.05, 0) is 63.9 Å². The van der Waals surface area contributed by atoms with Crippen LogP contribution in [-0.2, 0) is 14.3 Å². The van der Waals surface area contributed by atoms with E-state index in [-0.39, 0.29) is 36.2 Å². The number of nitriles is 1. The number of fused-ring (bicyclic) bond motifs is 2. The van der Waals surface area contributed by atoms with Crippen LogP contribution in [0.3, 0.4) is 0 Å². The van der Waals surface area contributed by atoms with Crippen molar-refractivity contribution >= 4 is 17.4 Å². The van der Waals surface area contributed by atoms with Crippen molar-refractivity contribution in [3.8, 4) is 11.8 Å². The molecule has 1 aromatic rings. The van der Waals surface area contributed by atoms with Crippen LogP contribution in [0.15, 0.2) is 30.9 Å². The number of benzene rings is 1. The van der Waals surface area contributed by atoms with Crippen molar-refractivity contribution in [2.45, 2.75) is 75.3 Å². The lowest BCUT2D eigenvalue weighted by Gasteiger charge is -2.55. The number of nitrogens with zero attached hydrogens (tertiary/aromatic N) is 5. The average Bonchev–Trinajstić information content (AvgIpc) is 3.41. The molecule has 3 saturated heterocycles. The van der Waals surface area contributed by atoms with Gasteiger partial charge in [0.1, 0.15) is 5.75 Å². The number of carbonyl (C=O) groups is 2. The second-order valence-corrected chi connectivity index (χ2v) is 12.9. The van der Waals surface area contributed by atoms with Crippen LogP contribution in [0, 0.1) is 24.2 Å². The highest BCUT2D eigenvalue weighted by molar-refractivity contribution is 5.95. The summed E-state index contributed by atoms with van der Waals surface area (Å²) in [4.78, 5) is 35.7. The predicted octanol–water partition coefficient (Wildman–Crippen LogP) is 1.44. The Hall–Kier alpha value is -3.01. The Morgan fingerprint density at radius 1 is 1.23 bits per heavy atom. The number of aryl methyl sites for hydroxylation is 1. The largest absolute Gasteiger partial charge is 0.475 e. The molecule has 43 heavy (non-hydrogen) atoms. The number of hydrogen-bond acceptors (Lipinski definition) is 10. The fourth-order valence-electron chi connectivity index (χ4n) is 8.05. The van der Waals surface area contributed by atoms with E-state index in [1.54, 1.807) is 4.90 Å². The Labute approximate surface area is 254 Å². The Morgan fingerprint density at radius 3 is 2.81 bits per heavy atom. The van der Waals surface area contributed by atoms with E-state index in [4.69, 9.17) is 9.47 Å². The van der Waals surface area contributed by atoms with Crippen molar-refractivity contribution in [1.82, 2.24) is 25.3 Å². The summed E-state index contributed by atoms with van der Waals surface area (Å²) >= 11 is 0. The fraction of sp³-hybridized carbons (Fsp3) is 0.656. The quantitative estimate of drug-likeness (QED) is 0.471. The van der Waals surface area contributed by atoms with Gasteiger partial charge in [0.05, 0.1) is 49.6 Å². The molecule has 0 aromatic heterocycles. The first-order chi connectivity index (χ1) is 20.7. The van der Waals surface area contributed by atoms with Crippen molar-refractivity contribution < 1.29 is 19.1 Å². The lowest BCUT2D eigenvalue weighted by molar-refractivity contribution is -0.159. The van der Waals surface area contributed by atoms with Crippen molar-refractivity contribution in [3.05, 3.63) is 36.4 Å². The van der Waals surface area contributed by atoms with Crippen LogP contribution in [-0.4, -0.2) is 116 Å². The molecule has 1 aromatic carbocycles. The molecule has 7 atom stereocenters. The third kappa shape index (κ3) is 5.56. The molecular weight excluding hydrogens is 546 g/mol. The molecular formula is C32H45N7O4. The average molecular weight is 592 g/mol. The van der Waals surface area contributed by atoms with Crippen LogP contribution in [0.4, 0.5) is 5.69 Å². The number of carbonyl (C=O) groups excluding carboxylic acids is 2. The van der Waals surface area contributed by atoms with E-state index in [1.807, 2.05) is 19.2 Å². The van der Waals surface area contributed by atoms with Gasteiger partial charge >= 0.3 is 0 Å². The Morgan fingerprint density at radius 2 is 2.07 bits per heavy atom. The minimum atomic E-state index is -0.944. The SMILES string of the molecule is C=CC(=O)N1CCN(C2NC(OCC3CCCN3C)NC3C(=O)[C@]4(CCC32)CN(C)c2c(C)cccc2O4)CC1CC#N. The van der Waals surface area contributed by atoms with Gasteiger partial charge in [-0.1, -0.05) is 18.7 Å². The number of rotatable bonds is 6. The smallest absolute Gasteiger partial charge is 0.246 e. The molecule has 11 heteroatoms. The van der Waals surface area contributed by atoms with Crippen molar-refractivity contribution in [2.24, 2.45) is 5.92 Å². The number of nitrogens with one attached hydrogen (secondary N) is 2.